The first kappa shape index (κ1) is 17.7. The molecule has 2 nitrogen and oxygen atoms in total. The second-order valence-corrected chi connectivity index (χ2v) is 6.60. The van der Waals surface area contributed by atoms with Gasteiger partial charge in [-0.3, -0.25) is 4.79 Å². The molecule has 0 N–H and O–H groups in total. The minimum Gasteiger partial charge on any atom is -0.367 e. The first-order valence-electron chi connectivity index (χ1n) is 8.80. The molecule has 0 aromatic heterocycles. The molecule has 0 aromatic carbocycles. The highest BCUT2D eigenvalue weighted by atomic mass is 16.5. The molecule has 0 heterocycles. The van der Waals surface area contributed by atoms with Gasteiger partial charge in [-0.1, -0.05) is 59.3 Å². The van der Waals surface area contributed by atoms with E-state index in [1.165, 1.54) is 38.5 Å². The summed E-state index contributed by atoms with van der Waals surface area (Å²) in [7, 11) is 0. The zero-order valence-electron chi connectivity index (χ0n) is 13.9. The molecule has 118 valence electrons. The van der Waals surface area contributed by atoms with Gasteiger partial charge in [0.25, 0.3) is 0 Å². The summed E-state index contributed by atoms with van der Waals surface area (Å²) in [6, 6.07) is 0. The molecule has 1 saturated carbocycles. The van der Waals surface area contributed by atoms with Crippen molar-refractivity contribution in [2.45, 2.75) is 97.0 Å². The molecule has 0 radical (unpaired) electrons. The van der Waals surface area contributed by atoms with E-state index in [4.69, 9.17) is 4.74 Å². The predicted octanol–water partition coefficient (Wildman–Crippen LogP) is 5.29. The Bertz CT molecular complexity index is 275. The molecule has 2 atom stereocenters. The van der Waals surface area contributed by atoms with Crippen LogP contribution >= 0.6 is 0 Å². The fourth-order valence-electron chi connectivity index (χ4n) is 3.39. The van der Waals surface area contributed by atoms with E-state index in [2.05, 4.69) is 20.8 Å². The third kappa shape index (κ3) is 5.55. The molecule has 1 rings (SSSR count). The number of rotatable bonds is 10. The van der Waals surface area contributed by atoms with E-state index < -0.39 is 0 Å². The van der Waals surface area contributed by atoms with Crippen LogP contribution in [0.3, 0.4) is 0 Å². The standard InChI is InChI=1S/C18H34O2/c1-4-6-8-12-17(19)15-20-18(13-7-5-2)14-10-9-11-16(18)3/h16H,4-15H2,1-3H3. The zero-order chi connectivity index (χ0) is 14.8. The van der Waals surface area contributed by atoms with E-state index in [-0.39, 0.29) is 5.60 Å². The lowest BCUT2D eigenvalue weighted by Gasteiger charge is -2.42. The topological polar surface area (TPSA) is 26.3 Å². The molecule has 20 heavy (non-hydrogen) atoms. The highest BCUT2D eigenvalue weighted by molar-refractivity contribution is 5.79. The van der Waals surface area contributed by atoms with E-state index in [0.29, 0.717) is 24.7 Å². The summed E-state index contributed by atoms with van der Waals surface area (Å²) < 4.78 is 6.23. The number of hydrogen-bond donors (Lipinski definition) is 0. The van der Waals surface area contributed by atoms with E-state index in [9.17, 15) is 4.79 Å². The molecule has 0 spiro atoms. The number of ether oxygens (including phenoxy) is 1. The van der Waals surface area contributed by atoms with Gasteiger partial charge in [-0.25, -0.2) is 0 Å². The summed E-state index contributed by atoms with van der Waals surface area (Å²) in [5.74, 6) is 0.901. The van der Waals surface area contributed by atoms with Gasteiger partial charge < -0.3 is 4.74 Å². The molecule has 1 aliphatic carbocycles. The zero-order valence-corrected chi connectivity index (χ0v) is 13.9. The van der Waals surface area contributed by atoms with Crippen molar-refractivity contribution in [2.24, 2.45) is 5.92 Å². The number of carbonyl (C=O) groups is 1. The van der Waals surface area contributed by atoms with E-state index in [1.54, 1.807) is 0 Å². The van der Waals surface area contributed by atoms with Crippen molar-refractivity contribution in [1.29, 1.82) is 0 Å². The monoisotopic (exact) mass is 282 g/mol. The molecule has 2 unspecified atom stereocenters. The summed E-state index contributed by atoms with van der Waals surface area (Å²) in [5, 5.41) is 0. The summed E-state index contributed by atoms with van der Waals surface area (Å²) in [6.07, 6.45) is 12.6. The van der Waals surface area contributed by atoms with Crippen molar-refractivity contribution >= 4 is 5.78 Å². The van der Waals surface area contributed by atoms with Crippen molar-refractivity contribution in [1.82, 2.24) is 0 Å². The Morgan fingerprint density at radius 3 is 2.55 bits per heavy atom. The van der Waals surface area contributed by atoms with Gasteiger partial charge in [0.2, 0.25) is 0 Å². The van der Waals surface area contributed by atoms with Crippen LogP contribution in [0, 0.1) is 5.92 Å². The summed E-state index contributed by atoms with van der Waals surface area (Å²) in [5.41, 5.74) is -0.00528. The maximum absolute atomic E-state index is 12.0. The lowest BCUT2D eigenvalue weighted by molar-refractivity contribution is -0.143. The molecule has 2 heteroatoms. The van der Waals surface area contributed by atoms with Gasteiger partial charge in [0.1, 0.15) is 6.61 Å². The van der Waals surface area contributed by atoms with Crippen LogP contribution in [-0.4, -0.2) is 18.0 Å². The van der Waals surface area contributed by atoms with Crippen molar-refractivity contribution in [2.75, 3.05) is 6.61 Å². The van der Waals surface area contributed by atoms with Gasteiger partial charge in [-0.05, 0) is 31.6 Å². The molecule has 1 aliphatic rings. The fraction of sp³-hybridized carbons (Fsp3) is 0.944. The van der Waals surface area contributed by atoms with Gasteiger partial charge in [0.05, 0.1) is 5.60 Å². The second kappa shape index (κ2) is 9.55. The van der Waals surface area contributed by atoms with Gasteiger partial charge in [0.15, 0.2) is 5.78 Å². The Hall–Kier alpha value is -0.370. The Morgan fingerprint density at radius 2 is 1.90 bits per heavy atom. The predicted molar refractivity (Wildman–Crippen MR) is 85.0 cm³/mol. The Kier molecular flexibility index (Phi) is 8.44. The van der Waals surface area contributed by atoms with E-state index in [0.717, 1.165) is 25.7 Å². The number of ketones is 1. The summed E-state index contributed by atoms with van der Waals surface area (Å²) in [6.45, 7) is 7.07. The first-order valence-corrected chi connectivity index (χ1v) is 8.80. The molecule has 0 saturated heterocycles. The third-order valence-electron chi connectivity index (χ3n) is 4.92. The lowest BCUT2D eigenvalue weighted by Crippen LogP contribution is -2.43. The fourth-order valence-corrected chi connectivity index (χ4v) is 3.39. The largest absolute Gasteiger partial charge is 0.367 e. The van der Waals surface area contributed by atoms with Crippen LogP contribution in [0.25, 0.3) is 0 Å². The minimum absolute atomic E-state index is 0.00528. The molecule has 1 fully saturated rings. The molecular weight excluding hydrogens is 248 g/mol. The maximum atomic E-state index is 12.0. The van der Waals surface area contributed by atoms with Crippen LogP contribution in [0.15, 0.2) is 0 Å². The lowest BCUT2D eigenvalue weighted by atomic mass is 9.73. The highest BCUT2D eigenvalue weighted by Gasteiger charge is 2.38. The van der Waals surface area contributed by atoms with Crippen molar-refractivity contribution in [3.8, 4) is 0 Å². The van der Waals surface area contributed by atoms with Crippen LogP contribution in [-0.2, 0) is 9.53 Å². The SMILES string of the molecule is CCCCCC(=O)COC1(CCCC)CCCCC1C. The van der Waals surface area contributed by atoms with Gasteiger partial charge >= 0.3 is 0 Å². The quantitative estimate of drug-likeness (QED) is 0.509. The van der Waals surface area contributed by atoms with Crippen molar-refractivity contribution in [3.05, 3.63) is 0 Å². The first-order chi connectivity index (χ1) is 9.64. The third-order valence-corrected chi connectivity index (χ3v) is 4.92. The average molecular weight is 282 g/mol. The van der Waals surface area contributed by atoms with Gasteiger partial charge in [-0.15, -0.1) is 0 Å². The van der Waals surface area contributed by atoms with Gasteiger partial charge in [-0.2, -0.15) is 0 Å². The van der Waals surface area contributed by atoms with Crippen LogP contribution in [0.4, 0.5) is 0 Å². The number of Topliss-reactive ketones (excluding diaryl/α,β-unsaturated/α-hetero) is 1. The minimum atomic E-state index is -0.00528. The highest BCUT2D eigenvalue weighted by Crippen LogP contribution is 2.40. The summed E-state index contributed by atoms with van der Waals surface area (Å²) >= 11 is 0. The van der Waals surface area contributed by atoms with Gasteiger partial charge in [0, 0.05) is 6.42 Å². The average Bonchev–Trinajstić information content (AvgIpc) is 2.46. The normalized spacial score (nSPS) is 26.6. The van der Waals surface area contributed by atoms with Crippen molar-refractivity contribution < 1.29 is 9.53 Å². The van der Waals surface area contributed by atoms with Crippen LogP contribution < -0.4 is 0 Å². The smallest absolute Gasteiger partial charge is 0.158 e. The van der Waals surface area contributed by atoms with Crippen LogP contribution in [0.5, 0.6) is 0 Å². The number of hydrogen-bond acceptors (Lipinski definition) is 2. The van der Waals surface area contributed by atoms with Crippen LogP contribution in [0.2, 0.25) is 0 Å². The van der Waals surface area contributed by atoms with Crippen molar-refractivity contribution in [3.63, 3.8) is 0 Å². The Morgan fingerprint density at radius 1 is 1.15 bits per heavy atom. The van der Waals surface area contributed by atoms with Crippen LogP contribution in [0.1, 0.15) is 91.4 Å². The second-order valence-electron chi connectivity index (χ2n) is 6.60. The maximum Gasteiger partial charge on any atom is 0.158 e. The van der Waals surface area contributed by atoms with E-state index >= 15 is 0 Å². The molecule has 0 bridgehead atoms. The molecule has 0 amide bonds. The Labute approximate surface area is 125 Å². The molecule has 0 aliphatic heterocycles. The number of unbranched alkanes of at least 4 members (excludes halogenated alkanes) is 3. The molecular formula is C18H34O2. The molecule has 0 aromatic rings. The Balaban J connectivity index is 2.45. The van der Waals surface area contributed by atoms with E-state index in [1.807, 2.05) is 0 Å². The number of carbonyl (C=O) groups excluding carboxylic acids is 1. The summed E-state index contributed by atoms with van der Waals surface area (Å²) in [4.78, 5) is 12.0.